The summed E-state index contributed by atoms with van der Waals surface area (Å²) in [6, 6.07) is 24.5. The van der Waals surface area contributed by atoms with E-state index in [1.54, 1.807) is 4.90 Å². The highest BCUT2D eigenvalue weighted by Gasteiger charge is 2.33. The van der Waals surface area contributed by atoms with Crippen molar-refractivity contribution < 1.29 is 14.4 Å². The first-order chi connectivity index (χ1) is 19.0. The lowest BCUT2D eigenvalue weighted by molar-refractivity contribution is -0.136. The third-order valence-electron chi connectivity index (χ3n) is 7.28. The number of nitrogens with zero attached hydrogens (tertiary/aromatic N) is 1. The normalized spacial score (nSPS) is 18.8. The van der Waals surface area contributed by atoms with Crippen molar-refractivity contribution in [1.82, 2.24) is 10.2 Å². The number of carbonyl (C=O) groups excluding carboxylic acids is 3. The van der Waals surface area contributed by atoms with E-state index < -0.39 is 6.04 Å². The van der Waals surface area contributed by atoms with Crippen molar-refractivity contribution in [3.8, 4) is 0 Å². The Balaban J connectivity index is 1.12. The van der Waals surface area contributed by atoms with Gasteiger partial charge in [0.15, 0.2) is 0 Å². The summed E-state index contributed by atoms with van der Waals surface area (Å²) in [6.07, 6.45) is 7.73. The van der Waals surface area contributed by atoms with Gasteiger partial charge < -0.3 is 20.9 Å². The van der Waals surface area contributed by atoms with Gasteiger partial charge in [0.2, 0.25) is 17.7 Å². The van der Waals surface area contributed by atoms with Crippen molar-refractivity contribution in [2.45, 2.75) is 44.2 Å². The van der Waals surface area contributed by atoms with Crippen LogP contribution in [0.1, 0.15) is 42.4 Å². The summed E-state index contributed by atoms with van der Waals surface area (Å²) < 4.78 is 0. The molecule has 0 aromatic heterocycles. The fraction of sp³-hybridized carbons (Fsp3) is 0.281. The van der Waals surface area contributed by atoms with Crippen LogP contribution in [0.3, 0.4) is 0 Å². The second-order valence-corrected chi connectivity index (χ2v) is 10.1. The molecule has 200 valence electrons. The number of amides is 3. The molecule has 7 heteroatoms. The molecule has 2 saturated heterocycles. The molecule has 0 unspecified atom stereocenters. The summed E-state index contributed by atoms with van der Waals surface area (Å²) in [5.41, 5.74) is 4.46. The minimum atomic E-state index is -0.442. The Kier molecular flexibility index (Phi) is 8.48. The topological polar surface area (TPSA) is 90.5 Å². The zero-order chi connectivity index (χ0) is 27.0. The Morgan fingerprint density at radius 2 is 1.38 bits per heavy atom. The molecule has 0 spiro atoms. The number of hydrogen-bond donors (Lipinski definition) is 3. The van der Waals surface area contributed by atoms with Gasteiger partial charge in [-0.2, -0.15) is 0 Å². The first-order valence-corrected chi connectivity index (χ1v) is 13.6. The smallest absolute Gasteiger partial charge is 0.247 e. The van der Waals surface area contributed by atoms with Gasteiger partial charge in [-0.3, -0.25) is 14.4 Å². The fourth-order valence-corrected chi connectivity index (χ4v) is 5.12. The van der Waals surface area contributed by atoms with Gasteiger partial charge in [0.25, 0.3) is 0 Å². The molecule has 2 atom stereocenters. The van der Waals surface area contributed by atoms with Crippen molar-refractivity contribution in [2.75, 3.05) is 23.7 Å². The van der Waals surface area contributed by atoms with Crippen molar-refractivity contribution in [2.24, 2.45) is 0 Å². The summed E-state index contributed by atoms with van der Waals surface area (Å²) in [4.78, 5) is 39.8. The van der Waals surface area contributed by atoms with Gasteiger partial charge >= 0.3 is 0 Å². The van der Waals surface area contributed by atoms with Crippen LogP contribution in [-0.4, -0.2) is 47.8 Å². The molecule has 2 fully saturated rings. The Hall–Kier alpha value is -4.23. The molecule has 0 bridgehead atoms. The quantitative estimate of drug-likeness (QED) is 0.374. The van der Waals surface area contributed by atoms with E-state index in [0.29, 0.717) is 25.1 Å². The standard InChI is InChI=1S/C32H34N4O3/c37-30(22-25-6-2-1-3-7-25)36-21-5-9-29(36)32(39)35-27-18-14-24(15-19-27)11-10-23-12-16-26(17-13-23)34-31(38)28-8-4-20-33-28/h1-3,6-7,10-19,28-29,33H,4-5,8-9,20-22H2,(H,34,38)(H,35,39)/t28-,29-/m0/s1. The van der Waals surface area contributed by atoms with E-state index >= 15 is 0 Å². The van der Waals surface area contributed by atoms with E-state index in [-0.39, 0.29) is 23.8 Å². The Bertz CT molecular complexity index is 1310. The van der Waals surface area contributed by atoms with Gasteiger partial charge in [0.05, 0.1) is 12.5 Å². The van der Waals surface area contributed by atoms with Crippen LogP contribution in [0.4, 0.5) is 11.4 Å². The molecule has 39 heavy (non-hydrogen) atoms. The number of anilines is 2. The molecule has 3 aromatic rings. The van der Waals surface area contributed by atoms with Crippen LogP contribution in [0.5, 0.6) is 0 Å². The maximum Gasteiger partial charge on any atom is 0.247 e. The maximum absolute atomic E-state index is 13.0. The van der Waals surface area contributed by atoms with Crippen LogP contribution >= 0.6 is 0 Å². The molecule has 2 heterocycles. The van der Waals surface area contributed by atoms with E-state index in [4.69, 9.17) is 0 Å². The monoisotopic (exact) mass is 522 g/mol. The highest BCUT2D eigenvalue weighted by atomic mass is 16.2. The molecule has 5 rings (SSSR count). The molecular formula is C32H34N4O3. The number of hydrogen-bond acceptors (Lipinski definition) is 4. The van der Waals surface area contributed by atoms with Crippen LogP contribution in [0.15, 0.2) is 78.9 Å². The molecular weight excluding hydrogens is 488 g/mol. The number of likely N-dealkylation sites (tertiary alicyclic amines) is 1. The summed E-state index contributed by atoms with van der Waals surface area (Å²) >= 11 is 0. The van der Waals surface area contributed by atoms with Crippen molar-refractivity contribution in [3.63, 3.8) is 0 Å². The lowest BCUT2D eigenvalue weighted by Crippen LogP contribution is -2.43. The molecule has 3 aromatic carbocycles. The lowest BCUT2D eigenvalue weighted by atomic mass is 10.1. The summed E-state index contributed by atoms with van der Waals surface area (Å²) in [5, 5.41) is 9.15. The minimum Gasteiger partial charge on any atom is -0.330 e. The van der Waals surface area contributed by atoms with Crippen molar-refractivity contribution >= 4 is 41.2 Å². The van der Waals surface area contributed by atoms with E-state index in [2.05, 4.69) is 16.0 Å². The summed E-state index contributed by atoms with van der Waals surface area (Å²) in [5.74, 6) is -0.143. The van der Waals surface area contributed by atoms with E-state index in [1.165, 1.54) is 0 Å². The van der Waals surface area contributed by atoms with Gasteiger partial charge in [0.1, 0.15) is 6.04 Å². The summed E-state index contributed by atoms with van der Waals surface area (Å²) in [6.45, 7) is 1.50. The molecule has 0 saturated carbocycles. The molecule has 3 amide bonds. The third kappa shape index (κ3) is 7.00. The first-order valence-electron chi connectivity index (χ1n) is 13.6. The van der Waals surface area contributed by atoms with Gasteiger partial charge in [-0.15, -0.1) is 0 Å². The summed E-state index contributed by atoms with van der Waals surface area (Å²) in [7, 11) is 0. The SMILES string of the molecule is O=C(Nc1ccc(C=Cc2ccc(NC(=O)[C@@H]3CCCN3C(=O)Cc3ccccc3)cc2)cc1)[C@@H]1CCCN1. The minimum absolute atomic E-state index is 0.0134. The highest BCUT2D eigenvalue weighted by molar-refractivity contribution is 5.98. The number of rotatable bonds is 8. The van der Waals surface area contributed by atoms with Crippen LogP contribution in [0, 0.1) is 0 Å². The number of carbonyl (C=O) groups is 3. The van der Waals surface area contributed by atoms with Gasteiger partial charge in [0, 0.05) is 17.9 Å². The molecule has 2 aliphatic heterocycles. The second kappa shape index (κ2) is 12.5. The van der Waals surface area contributed by atoms with Gasteiger partial charge in [-0.05, 0) is 73.2 Å². The number of nitrogens with one attached hydrogen (secondary N) is 3. The van der Waals surface area contributed by atoms with Crippen LogP contribution < -0.4 is 16.0 Å². The molecule has 3 N–H and O–H groups in total. The van der Waals surface area contributed by atoms with E-state index in [0.717, 1.165) is 48.2 Å². The predicted octanol–water partition coefficient (Wildman–Crippen LogP) is 4.72. The second-order valence-electron chi connectivity index (χ2n) is 10.1. The van der Waals surface area contributed by atoms with Crippen molar-refractivity contribution in [1.29, 1.82) is 0 Å². The van der Waals surface area contributed by atoms with E-state index in [9.17, 15) is 14.4 Å². The highest BCUT2D eigenvalue weighted by Crippen LogP contribution is 2.21. The van der Waals surface area contributed by atoms with Crippen LogP contribution in [0.2, 0.25) is 0 Å². The average molecular weight is 523 g/mol. The Morgan fingerprint density at radius 1 is 0.769 bits per heavy atom. The predicted molar refractivity (Wildman–Crippen MR) is 155 cm³/mol. The molecule has 7 nitrogen and oxygen atoms in total. The van der Waals surface area contributed by atoms with Gasteiger partial charge in [-0.25, -0.2) is 0 Å². The van der Waals surface area contributed by atoms with Gasteiger partial charge in [-0.1, -0.05) is 66.7 Å². The Morgan fingerprint density at radius 3 is 1.97 bits per heavy atom. The van der Waals surface area contributed by atoms with Crippen LogP contribution in [0.25, 0.3) is 12.2 Å². The largest absolute Gasteiger partial charge is 0.330 e. The average Bonchev–Trinajstić information content (AvgIpc) is 3.67. The molecule has 0 radical (unpaired) electrons. The molecule has 0 aliphatic carbocycles. The zero-order valence-corrected chi connectivity index (χ0v) is 21.9. The molecule has 2 aliphatic rings. The maximum atomic E-state index is 13.0. The zero-order valence-electron chi connectivity index (χ0n) is 21.9. The lowest BCUT2D eigenvalue weighted by Gasteiger charge is -2.24. The number of benzene rings is 3. The fourth-order valence-electron chi connectivity index (χ4n) is 5.12. The third-order valence-corrected chi connectivity index (χ3v) is 7.28. The van der Waals surface area contributed by atoms with Crippen LogP contribution in [-0.2, 0) is 20.8 Å². The first kappa shape index (κ1) is 26.4. The van der Waals surface area contributed by atoms with E-state index in [1.807, 2.05) is 91.0 Å². The Labute approximate surface area is 229 Å². The van der Waals surface area contributed by atoms with Crippen molar-refractivity contribution in [3.05, 3.63) is 95.6 Å².